The van der Waals surface area contributed by atoms with Gasteiger partial charge in [0.15, 0.2) is 11.9 Å². The first-order valence-electron chi connectivity index (χ1n) is 3.99. The van der Waals surface area contributed by atoms with Crippen LogP contribution in [0.25, 0.3) is 0 Å². The summed E-state index contributed by atoms with van der Waals surface area (Å²) in [6.07, 6.45) is 1.87. The first kappa shape index (κ1) is 6.31. The van der Waals surface area contributed by atoms with E-state index in [0.29, 0.717) is 6.42 Å². The van der Waals surface area contributed by atoms with E-state index in [1.807, 2.05) is 12.1 Å². The lowest BCUT2D eigenvalue weighted by Crippen LogP contribution is -2.10. The summed E-state index contributed by atoms with van der Waals surface area (Å²) in [6.45, 7) is 0. The summed E-state index contributed by atoms with van der Waals surface area (Å²) in [7, 11) is 0. The Morgan fingerprint density at radius 1 is 1.58 bits per heavy atom. The Morgan fingerprint density at radius 2 is 2.50 bits per heavy atom. The van der Waals surface area contributed by atoms with Gasteiger partial charge in [-0.25, -0.2) is 0 Å². The lowest BCUT2D eigenvalue weighted by atomic mass is 9.95. The molecule has 2 bridgehead atoms. The molecule has 0 aliphatic carbocycles. The Bertz CT molecular complexity index is 361. The molecule has 0 amide bonds. The van der Waals surface area contributed by atoms with E-state index in [2.05, 4.69) is 4.98 Å². The highest BCUT2D eigenvalue weighted by molar-refractivity contribution is 5.88. The van der Waals surface area contributed by atoms with Gasteiger partial charge < -0.3 is 4.74 Å². The lowest BCUT2D eigenvalue weighted by molar-refractivity contribution is -0.122. The van der Waals surface area contributed by atoms with Crippen molar-refractivity contribution in [3.8, 4) is 0 Å². The number of Topliss-reactive ketones (excluding diaryl/α,β-unsaturated/α-hetero) is 1. The van der Waals surface area contributed by atoms with Crippen LogP contribution in [0.5, 0.6) is 0 Å². The van der Waals surface area contributed by atoms with Crippen LogP contribution >= 0.6 is 0 Å². The fourth-order valence-corrected chi connectivity index (χ4v) is 1.90. The SMILES string of the molecule is O=C1CC2OC1c1ncccc12. The molecule has 0 aromatic carbocycles. The monoisotopic (exact) mass is 161 g/mol. The second-order valence-electron chi connectivity index (χ2n) is 3.15. The highest BCUT2D eigenvalue weighted by atomic mass is 16.5. The zero-order chi connectivity index (χ0) is 8.13. The van der Waals surface area contributed by atoms with E-state index in [4.69, 9.17) is 4.74 Å². The molecule has 3 heteroatoms. The maximum Gasteiger partial charge on any atom is 0.170 e. The van der Waals surface area contributed by atoms with Gasteiger partial charge in [-0.1, -0.05) is 6.07 Å². The number of nitrogens with zero attached hydrogens (tertiary/aromatic N) is 1. The molecule has 60 valence electrons. The zero-order valence-corrected chi connectivity index (χ0v) is 6.36. The van der Waals surface area contributed by atoms with E-state index in [-0.39, 0.29) is 18.0 Å². The van der Waals surface area contributed by atoms with Crippen molar-refractivity contribution >= 4 is 5.78 Å². The summed E-state index contributed by atoms with van der Waals surface area (Å²) in [5.74, 6) is 0.172. The minimum absolute atomic E-state index is 0.00815. The van der Waals surface area contributed by atoms with Gasteiger partial charge in [-0.15, -0.1) is 0 Å². The number of carbonyl (C=O) groups is 1. The summed E-state index contributed by atoms with van der Waals surface area (Å²) in [6, 6.07) is 3.87. The Kier molecular flexibility index (Phi) is 1.01. The number of hydrogen-bond donors (Lipinski definition) is 0. The molecule has 0 spiro atoms. The van der Waals surface area contributed by atoms with Crippen LogP contribution in [0.1, 0.15) is 29.9 Å². The highest BCUT2D eigenvalue weighted by Crippen LogP contribution is 2.46. The van der Waals surface area contributed by atoms with Gasteiger partial charge in [0.25, 0.3) is 0 Å². The molecule has 2 atom stereocenters. The van der Waals surface area contributed by atoms with Crippen LogP contribution in [0.3, 0.4) is 0 Å². The quantitative estimate of drug-likeness (QED) is 0.573. The van der Waals surface area contributed by atoms with Crippen molar-refractivity contribution in [3.63, 3.8) is 0 Å². The number of pyridine rings is 1. The number of fused-ring (bicyclic) bond motifs is 5. The highest BCUT2D eigenvalue weighted by Gasteiger charge is 2.45. The second kappa shape index (κ2) is 1.93. The number of hydrogen-bond acceptors (Lipinski definition) is 3. The third-order valence-electron chi connectivity index (χ3n) is 2.45. The minimum Gasteiger partial charge on any atom is -0.356 e. The summed E-state index contributed by atoms with van der Waals surface area (Å²) < 4.78 is 5.44. The van der Waals surface area contributed by atoms with E-state index < -0.39 is 0 Å². The standard InChI is InChI=1S/C9H7NO2/c11-6-4-7-5-2-1-3-10-8(5)9(6)12-7/h1-3,7,9H,4H2. The zero-order valence-electron chi connectivity index (χ0n) is 6.36. The van der Waals surface area contributed by atoms with Gasteiger partial charge in [-0.2, -0.15) is 0 Å². The number of carbonyl (C=O) groups excluding carboxylic acids is 1. The molecule has 12 heavy (non-hydrogen) atoms. The van der Waals surface area contributed by atoms with Gasteiger partial charge in [-0.05, 0) is 6.07 Å². The van der Waals surface area contributed by atoms with Gasteiger partial charge in [0.1, 0.15) is 0 Å². The summed E-state index contributed by atoms with van der Waals surface area (Å²) in [4.78, 5) is 15.4. The van der Waals surface area contributed by atoms with Crippen LogP contribution in [-0.4, -0.2) is 10.8 Å². The van der Waals surface area contributed by atoms with Crippen molar-refractivity contribution in [1.82, 2.24) is 4.98 Å². The molecule has 0 radical (unpaired) electrons. The number of aromatic nitrogens is 1. The summed E-state index contributed by atoms with van der Waals surface area (Å²) in [5, 5.41) is 0. The molecule has 2 aliphatic heterocycles. The van der Waals surface area contributed by atoms with Crippen molar-refractivity contribution in [2.45, 2.75) is 18.6 Å². The average Bonchev–Trinajstić information content (AvgIpc) is 2.62. The number of ether oxygens (including phenoxy) is 1. The lowest BCUT2D eigenvalue weighted by Gasteiger charge is -2.07. The smallest absolute Gasteiger partial charge is 0.170 e. The molecule has 1 aromatic heterocycles. The minimum atomic E-state index is -0.355. The number of ketones is 1. The summed E-state index contributed by atoms with van der Waals surface area (Å²) in [5.41, 5.74) is 1.93. The van der Waals surface area contributed by atoms with Crippen LogP contribution in [-0.2, 0) is 9.53 Å². The molecule has 0 saturated carbocycles. The molecule has 1 aromatic rings. The van der Waals surface area contributed by atoms with Crippen molar-refractivity contribution < 1.29 is 9.53 Å². The molecule has 3 rings (SSSR count). The Balaban J connectivity index is 2.23. The fourth-order valence-electron chi connectivity index (χ4n) is 1.90. The molecular formula is C9H7NO2. The van der Waals surface area contributed by atoms with Crippen LogP contribution in [0.2, 0.25) is 0 Å². The van der Waals surface area contributed by atoms with E-state index >= 15 is 0 Å². The molecule has 0 N–H and O–H groups in total. The molecular weight excluding hydrogens is 154 g/mol. The Hall–Kier alpha value is -1.22. The topological polar surface area (TPSA) is 39.2 Å². The molecule has 2 aliphatic rings. The van der Waals surface area contributed by atoms with Crippen LogP contribution in [0.15, 0.2) is 18.3 Å². The van der Waals surface area contributed by atoms with Crippen molar-refractivity contribution in [2.24, 2.45) is 0 Å². The van der Waals surface area contributed by atoms with Crippen LogP contribution in [0, 0.1) is 0 Å². The van der Waals surface area contributed by atoms with Gasteiger partial charge in [0.2, 0.25) is 0 Å². The Morgan fingerprint density at radius 3 is 3.42 bits per heavy atom. The van der Waals surface area contributed by atoms with E-state index in [9.17, 15) is 4.79 Å². The second-order valence-corrected chi connectivity index (χ2v) is 3.15. The predicted molar refractivity (Wildman–Crippen MR) is 40.4 cm³/mol. The predicted octanol–water partition coefficient (Wildman–Crippen LogP) is 1.17. The van der Waals surface area contributed by atoms with Crippen LogP contribution < -0.4 is 0 Å². The third-order valence-corrected chi connectivity index (χ3v) is 2.45. The normalized spacial score (nSPS) is 30.8. The van der Waals surface area contributed by atoms with Crippen molar-refractivity contribution in [2.75, 3.05) is 0 Å². The summed E-state index contributed by atoms with van der Waals surface area (Å²) >= 11 is 0. The van der Waals surface area contributed by atoms with Gasteiger partial charge >= 0.3 is 0 Å². The fraction of sp³-hybridized carbons (Fsp3) is 0.333. The molecule has 1 fully saturated rings. The largest absolute Gasteiger partial charge is 0.356 e. The maximum absolute atomic E-state index is 11.2. The first-order valence-corrected chi connectivity index (χ1v) is 3.99. The molecule has 3 heterocycles. The Labute approximate surface area is 69.4 Å². The van der Waals surface area contributed by atoms with Gasteiger partial charge in [0, 0.05) is 18.2 Å². The van der Waals surface area contributed by atoms with E-state index in [1.165, 1.54) is 0 Å². The number of rotatable bonds is 0. The van der Waals surface area contributed by atoms with E-state index in [1.54, 1.807) is 6.20 Å². The van der Waals surface area contributed by atoms with E-state index in [0.717, 1.165) is 11.3 Å². The van der Waals surface area contributed by atoms with Crippen molar-refractivity contribution in [3.05, 3.63) is 29.6 Å². The van der Waals surface area contributed by atoms with Gasteiger partial charge in [0.05, 0.1) is 11.8 Å². The molecule has 1 saturated heterocycles. The van der Waals surface area contributed by atoms with Crippen molar-refractivity contribution in [1.29, 1.82) is 0 Å². The van der Waals surface area contributed by atoms with Gasteiger partial charge in [-0.3, -0.25) is 9.78 Å². The molecule has 3 nitrogen and oxygen atoms in total. The third kappa shape index (κ3) is 0.599. The maximum atomic E-state index is 11.2. The first-order chi connectivity index (χ1) is 5.86. The average molecular weight is 161 g/mol. The van der Waals surface area contributed by atoms with Crippen LogP contribution in [0.4, 0.5) is 0 Å². The molecule has 2 unspecified atom stereocenters.